The number of amides is 3. The highest BCUT2D eigenvalue weighted by Gasteiger charge is 2.45. The van der Waals surface area contributed by atoms with Crippen molar-refractivity contribution in [2.75, 3.05) is 92.5 Å². The van der Waals surface area contributed by atoms with Crippen LogP contribution in [0.5, 0.6) is 0 Å². The summed E-state index contributed by atoms with van der Waals surface area (Å²) < 4.78 is 52.9. The number of nitrogens with one attached hydrogen (secondary N) is 3. The SMILES string of the molecule is CC(=O)N[C@@H](C)[C@H](OCCCCCOCC(C)(COCCCCCO[C@H](OC(CO)[C@H](O)CO)[C@H](C)NC(C)=O)COCCCCCO[C@@H]1OC(CO)[C@H](O)C(O)[C@@H]1NC(C)=O)OC(CO)[C@H](O)CO. The molecule has 414 valence electrons. The third-order valence-corrected chi connectivity index (χ3v) is 11.1. The van der Waals surface area contributed by atoms with Crippen LogP contribution in [0.3, 0.4) is 0 Å². The zero-order valence-electron chi connectivity index (χ0n) is 42.2. The maximum Gasteiger partial charge on any atom is 0.217 e. The van der Waals surface area contributed by atoms with Crippen molar-refractivity contribution in [3.63, 3.8) is 0 Å². The molecule has 1 aliphatic rings. The molecule has 24 nitrogen and oxygen atoms in total. The van der Waals surface area contributed by atoms with E-state index in [9.17, 15) is 60.3 Å². The van der Waals surface area contributed by atoms with Crippen molar-refractivity contribution in [3.05, 3.63) is 0 Å². The van der Waals surface area contributed by atoms with E-state index < -0.39 is 124 Å². The van der Waals surface area contributed by atoms with E-state index in [1.165, 1.54) is 20.8 Å². The van der Waals surface area contributed by atoms with Crippen LogP contribution in [0, 0.1) is 5.41 Å². The van der Waals surface area contributed by atoms with Gasteiger partial charge in [-0.3, -0.25) is 14.4 Å². The maximum absolute atomic E-state index is 11.7. The topological polar surface area (TPSA) is 352 Å². The van der Waals surface area contributed by atoms with Crippen molar-refractivity contribution >= 4 is 17.7 Å². The number of carbonyl (C=O) groups excluding carboxylic acids is 3. The maximum atomic E-state index is 11.7. The highest BCUT2D eigenvalue weighted by molar-refractivity contribution is 5.74. The van der Waals surface area contributed by atoms with Crippen LogP contribution in [0.25, 0.3) is 0 Å². The first-order valence-electron chi connectivity index (χ1n) is 24.5. The molecule has 1 saturated heterocycles. The molecular weight excluding hydrogens is 931 g/mol. The van der Waals surface area contributed by atoms with Crippen molar-refractivity contribution in [2.45, 2.75) is 179 Å². The van der Waals surface area contributed by atoms with Crippen molar-refractivity contribution in [1.29, 1.82) is 0 Å². The van der Waals surface area contributed by atoms with Crippen molar-refractivity contribution < 1.29 is 103 Å². The summed E-state index contributed by atoms with van der Waals surface area (Å²) in [4.78, 5) is 35.0. The summed E-state index contributed by atoms with van der Waals surface area (Å²) in [6.07, 6.45) is -5.64. The van der Waals surface area contributed by atoms with Gasteiger partial charge in [0.25, 0.3) is 0 Å². The lowest BCUT2D eigenvalue weighted by Gasteiger charge is -2.42. The normalized spacial score (nSPS) is 22.8. The van der Waals surface area contributed by atoms with E-state index in [1.807, 2.05) is 6.92 Å². The van der Waals surface area contributed by atoms with Crippen LogP contribution >= 0.6 is 0 Å². The number of aliphatic hydroxyl groups is 9. The number of ether oxygens (including phenoxy) is 9. The van der Waals surface area contributed by atoms with Crippen LogP contribution in [0.2, 0.25) is 0 Å². The fourth-order valence-corrected chi connectivity index (χ4v) is 7.21. The Balaban J connectivity index is 2.71. The molecule has 0 radical (unpaired) electrons. The summed E-state index contributed by atoms with van der Waals surface area (Å²) >= 11 is 0. The molecule has 1 fully saturated rings. The summed E-state index contributed by atoms with van der Waals surface area (Å²) in [6, 6.07) is -2.22. The van der Waals surface area contributed by atoms with Gasteiger partial charge in [0, 0.05) is 65.8 Å². The molecule has 13 atom stereocenters. The molecular formula is C46H89N3O21. The van der Waals surface area contributed by atoms with Gasteiger partial charge in [-0.1, -0.05) is 6.92 Å². The molecule has 12 N–H and O–H groups in total. The van der Waals surface area contributed by atoms with Crippen LogP contribution in [-0.2, 0) is 57.0 Å². The molecule has 0 aliphatic carbocycles. The first-order chi connectivity index (χ1) is 33.4. The minimum Gasteiger partial charge on any atom is -0.394 e. The Morgan fingerprint density at radius 3 is 1.33 bits per heavy atom. The van der Waals surface area contributed by atoms with Crippen LogP contribution in [-0.4, -0.2) is 236 Å². The minimum absolute atomic E-state index is 0.229. The van der Waals surface area contributed by atoms with Crippen molar-refractivity contribution in [2.24, 2.45) is 5.41 Å². The molecule has 0 spiro atoms. The van der Waals surface area contributed by atoms with Gasteiger partial charge in [0.05, 0.1) is 64.9 Å². The van der Waals surface area contributed by atoms with E-state index >= 15 is 0 Å². The zero-order chi connectivity index (χ0) is 52.5. The monoisotopic (exact) mass is 1020 g/mol. The fourth-order valence-electron chi connectivity index (χ4n) is 7.21. The molecule has 1 rings (SSSR count). The summed E-state index contributed by atoms with van der Waals surface area (Å²) in [6.45, 7) is 9.49. The van der Waals surface area contributed by atoms with Gasteiger partial charge < -0.3 is 105 Å². The minimum atomic E-state index is -1.40. The molecule has 1 aliphatic heterocycles. The van der Waals surface area contributed by atoms with Gasteiger partial charge in [0.15, 0.2) is 18.9 Å². The van der Waals surface area contributed by atoms with Crippen molar-refractivity contribution in [3.8, 4) is 0 Å². The lowest BCUT2D eigenvalue weighted by Crippen LogP contribution is -2.64. The summed E-state index contributed by atoms with van der Waals surface area (Å²) in [5.74, 6) is -1.06. The van der Waals surface area contributed by atoms with E-state index in [-0.39, 0.29) is 31.6 Å². The highest BCUT2D eigenvalue weighted by atomic mass is 16.7. The first kappa shape index (κ1) is 65.7. The number of hydrogen-bond acceptors (Lipinski definition) is 21. The number of unbranched alkanes of at least 4 members (excludes halogenated alkanes) is 6. The molecule has 0 bridgehead atoms. The average Bonchev–Trinajstić information content (AvgIpc) is 3.31. The molecule has 1 heterocycles. The number of rotatable bonds is 43. The summed E-state index contributed by atoms with van der Waals surface area (Å²) in [5, 5.41) is 96.1. The van der Waals surface area contributed by atoms with E-state index in [0.717, 1.165) is 19.3 Å². The second-order valence-electron chi connectivity index (χ2n) is 18.1. The van der Waals surface area contributed by atoms with Gasteiger partial charge in [-0.05, 0) is 71.6 Å². The third kappa shape index (κ3) is 27.7. The van der Waals surface area contributed by atoms with E-state index in [1.54, 1.807) is 13.8 Å². The van der Waals surface area contributed by atoms with Gasteiger partial charge in [-0.25, -0.2) is 0 Å². The predicted molar refractivity (Wildman–Crippen MR) is 250 cm³/mol. The zero-order valence-corrected chi connectivity index (χ0v) is 42.2. The Hall–Kier alpha value is -2.31. The Morgan fingerprint density at radius 2 is 0.971 bits per heavy atom. The Labute approximate surface area is 412 Å². The van der Waals surface area contributed by atoms with Crippen LogP contribution < -0.4 is 16.0 Å². The quantitative estimate of drug-likeness (QED) is 0.0226. The molecule has 4 unspecified atom stereocenters. The van der Waals surface area contributed by atoms with E-state index in [4.69, 9.17) is 42.6 Å². The smallest absolute Gasteiger partial charge is 0.217 e. The lowest BCUT2D eigenvalue weighted by molar-refractivity contribution is -0.270. The molecule has 0 aromatic heterocycles. The van der Waals surface area contributed by atoms with Gasteiger partial charge >= 0.3 is 0 Å². The standard InChI is InChI=1S/C46H89N3O21/c1-30(47-32(3)55)43(68-37(24-52)35(58)22-50)65-19-13-7-10-16-62-27-46(6,28-63-17-11-8-14-20-66-44(31(2)48-33(4)56)69-38(25-53)36(59)23-51)29-64-18-12-9-15-21-67-45-40(49-34(5)57)42(61)41(60)39(26-54)70-45/h30-31,35-45,50-54,58-61H,7-29H2,1-6H3,(H,47,55)(H,48,56)(H,49,57)/t30-,31-,35+,36+,37?,38?,39?,40-,41-,42?,43+,44+,45+,46?/m0/s1. The summed E-state index contributed by atoms with van der Waals surface area (Å²) in [5.41, 5.74) is -0.513. The van der Waals surface area contributed by atoms with Gasteiger partial charge in [0.1, 0.15) is 48.8 Å². The summed E-state index contributed by atoms with van der Waals surface area (Å²) in [7, 11) is 0. The lowest BCUT2D eigenvalue weighted by atomic mass is 9.94. The van der Waals surface area contributed by atoms with E-state index in [0.29, 0.717) is 78.2 Å². The second-order valence-corrected chi connectivity index (χ2v) is 18.1. The van der Waals surface area contributed by atoms with Gasteiger partial charge in [0.2, 0.25) is 17.7 Å². The van der Waals surface area contributed by atoms with Gasteiger partial charge in [-0.2, -0.15) is 0 Å². The fraction of sp³-hybridized carbons (Fsp3) is 0.935. The largest absolute Gasteiger partial charge is 0.394 e. The number of hydrogen-bond donors (Lipinski definition) is 12. The Bertz CT molecular complexity index is 1300. The van der Waals surface area contributed by atoms with E-state index in [2.05, 4.69) is 16.0 Å². The van der Waals surface area contributed by atoms with Crippen LogP contribution in [0.4, 0.5) is 0 Å². The highest BCUT2D eigenvalue weighted by Crippen LogP contribution is 2.23. The molecule has 0 saturated carbocycles. The van der Waals surface area contributed by atoms with Crippen LogP contribution in [0.1, 0.15) is 99.3 Å². The molecule has 70 heavy (non-hydrogen) atoms. The van der Waals surface area contributed by atoms with Crippen molar-refractivity contribution in [1.82, 2.24) is 16.0 Å². The Morgan fingerprint density at radius 1 is 0.571 bits per heavy atom. The number of aliphatic hydroxyl groups excluding tert-OH is 9. The third-order valence-electron chi connectivity index (χ3n) is 11.1. The average molecular weight is 1020 g/mol. The molecule has 24 heteroatoms. The first-order valence-corrected chi connectivity index (χ1v) is 24.5. The Kier molecular flexibility index (Phi) is 35.9. The van der Waals surface area contributed by atoms with Gasteiger partial charge in [-0.15, -0.1) is 0 Å². The molecule has 0 aromatic carbocycles. The predicted octanol–water partition coefficient (Wildman–Crippen LogP) is -2.29. The molecule has 0 aromatic rings. The number of carbonyl (C=O) groups is 3. The second kappa shape index (κ2) is 38.3. The molecule has 3 amide bonds. The van der Waals surface area contributed by atoms with Crippen LogP contribution in [0.15, 0.2) is 0 Å².